The smallest absolute Gasteiger partial charge is 0.236 e. The number of carbonyl (C=O) groups is 1. The van der Waals surface area contributed by atoms with Gasteiger partial charge in [0, 0.05) is 6.54 Å². The molecule has 88 valence electrons. The molecule has 0 aromatic rings. The van der Waals surface area contributed by atoms with Crippen LogP contribution in [0.5, 0.6) is 0 Å². The number of hydrogen-bond acceptors (Lipinski definition) is 2. The van der Waals surface area contributed by atoms with E-state index in [-0.39, 0.29) is 11.9 Å². The fraction of sp³-hybridized carbons (Fsp3) is 0.917. The highest BCUT2D eigenvalue weighted by Crippen LogP contribution is 2.48. The van der Waals surface area contributed by atoms with Crippen molar-refractivity contribution in [2.24, 2.45) is 11.1 Å². The van der Waals surface area contributed by atoms with E-state index < -0.39 is 0 Å². The fourth-order valence-corrected chi connectivity index (χ4v) is 2.07. The molecule has 0 spiro atoms. The van der Waals surface area contributed by atoms with Gasteiger partial charge in [-0.25, -0.2) is 0 Å². The molecule has 1 atom stereocenters. The van der Waals surface area contributed by atoms with Crippen molar-refractivity contribution < 1.29 is 4.79 Å². The van der Waals surface area contributed by atoms with Gasteiger partial charge in [0.2, 0.25) is 5.91 Å². The molecule has 0 aromatic heterocycles. The second kappa shape index (κ2) is 5.50. The van der Waals surface area contributed by atoms with Crippen LogP contribution in [0.1, 0.15) is 52.4 Å². The Morgan fingerprint density at radius 2 is 2.07 bits per heavy atom. The summed E-state index contributed by atoms with van der Waals surface area (Å²) in [6.45, 7) is 5.08. The molecule has 1 rings (SSSR count). The minimum Gasteiger partial charge on any atom is -0.354 e. The topological polar surface area (TPSA) is 55.1 Å². The summed E-state index contributed by atoms with van der Waals surface area (Å²) < 4.78 is 0. The van der Waals surface area contributed by atoms with E-state index in [1.54, 1.807) is 0 Å². The zero-order chi connectivity index (χ0) is 11.3. The van der Waals surface area contributed by atoms with Crippen molar-refractivity contribution in [2.75, 3.05) is 6.54 Å². The van der Waals surface area contributed by atoms with Gasteiger partial charge >= 0.3 is 0 Å². The Kier molecular flexibility index (Phi) is 4.58. The van der Waals surface area contributed by atoms with Gasteiger partial charge < -0.3 is 11.1 Å². The lowest BCUT2D eigenvalue weighted by Gasteiger charge is -2.17. The Labute approximate surface area is 92.8 Å². The number of nitrogens with one attached hydrogen (secondary N) is 1. The van der Waals surface area contributed by atoms with Crippen LogP contribution in [0.15, 0.2) is 0 Å². The molecule has 0 bridgehead atoms. The van der Waals surface area contributed by atoms with Crippen molar-refractivity contribution in [1.29, 1.82) is 0 Å². The van der Waals surface area contributed by atoms with Crippen LogP contribution in [0, 0.1) is 5.41 Å². The Bertz CT molecular complexity index is 212. The first kappa shape index (κ1) is 12.5. The van der Waals surface area contributed by atoms with E-state index in [9.17, 15) is 4.79 Å². The van der Waals surface area contributed by atoms with Gasteiger partial charge in [-0.1, -0.05) is 26.7 Å². The Balaban J connectivity index is 2.22. The molecule has 3 heteroatoms. The average molecular weight is 212 g/mol. The largest absolute Gasteiger partial charge is 0.354 e. The number of nitrogens with two attached hydrogens (primary N) is 1. The van der Waals surface area contributed by atoms with E-state index in [2.05, 4.69) is 12.2 Å². The van der Waals surface area contributed by atoms with Gasteiger partial charge in [0.1, 0.15) is 0 Å². The maximum atomic E-state index is 11.6. The summed E-state index contributed by atoms with van der Waals surface area (Å²) in [5.41, 5.74) is 6.17. The summed E-state index contributed by atoms with van der Waals surface area (Å²) in [6, 6.07) is -0.313. The first-order chi connectivity index (χ1) is 7.13. The highest BCUT2D eigenvalue weighted by Gasteiger charge is 2.41. The molecule has 1 aliphatic rings. The molecular formula is C12H24N2O. The van der Waals surface area contributed by atoms with Crippen LogP contribution in [0.25, 0.3) is 0 Å². The SMILES string of the molecule is CCCC(N)C(=O)NCC1(CCC)CC1. The molecule has 3 N–H and O–H groups in total. The van der Waals surface area contributed by atoms with E-state index in [1.807, 2.05) is 6.92 Å². The van der Waals surface area contributed by atoms with Crippen LogP contribution < -0.4 is 11.1 Å². The van der Waals surface area contributed by atoms with Crippen molar-refractivity contribution in [1.82, 2.24) is 5.32 Å². The van der Waals surface area contributed by atoms with Crippen molar-refractivity contribution in [3.63, 3.8) is 0 Å². The number of carbonyl (C=O) groups excluding carboxylic acids is 1. The lowest BCUT2D eigenvalue weighted by Crippen LogP contribution is -2.42. The second-order valence-electron chi connectivity index (χ2n) is 4.86. The predicted octanol–water partition coefficient (Wildman–Crippen LogP) is 1.81. The standard InChI is InChI=1S/C12H24N2O/c1-3-5-10(13)11(15)14-9-12(6-4-2)7-8-12/h10H,3-9,13H2,1-2H3,(H,14,15). The molecule has 0 aromatic carbocycles. The average Bonchev–Trinajstić information content (AvgIpc) is 2.96. The van der Waals surface area contributed by atoms with Crippen molar-refractivity contribution in [2.45, 2.75) is 58.4 Å². The molecule has 15 heavy (non-hydrogen) atoms. The number of rotatable bonds is 7. The first-order valence-corrected chi connectivity index (χ1v) is 6.17. The highest BCUT2D eigenvalue weighted by atomic mass is 16.2. The summed E-state index contributed by atoms with van der Waals surface area (Å²) >= 11 is 0. The van der Waals surface area contributed by atoms with E-state index in [0.29, 0.717) is 5.41 Å². The van der Waals surface area contributed by atoms with Crippen LogP contribution >= 0.6 is 0 Å². The van der Waals surface area contributed by atoms with Gasteiger partial charge in [-0.3, -0.25) is 4.79 Å². The number of amides is 1. The van der Waals surface area contributed by atoms with Gasteiger partial charge in [0.15, 0.2) is 0 Å². The molecule has 1 aliphatic carbocycles. The normalized spacial score (nSPS) is 19.7. The van der Waals surface area contributed by atoms with Crippen LogP contribution in [-0.2, 0) is 4.79 Å². The fourth-order valence-electron chi connectivity index (χ4n) is 2.07. The van der Waals surface area contributed by atoms with Crippen molar-refractivity contribution >= 4 is 5.91 Å². The third-order valence-corrected chi connectivity index (χ3v) is 3.31. The van der Waals surface area contributed by atoms with E-state index in [1.165, 1.54) is 25.7 Å². The van der Waals surface area contributed by atoms with Gasteiger partial charge in [-0.2, -0.15) is 0 Å². The summed E-state index contributed by atoms with van der Waals surface area (Å²) in [4.78, 5) is 11.6. The van der Waals surface area contributed by atoms with Gasteiger partial charge in [-0.15, -0.1) is 0 Å². The van der Waals surface area contributed by atoms with Gasteiger partial charge in [0.25, 0.3) is 0 Å². The van der Waals surface area contributed by atoms with Crippen LogP contribution in [0.3, 0.4) is 0 Å². The van der Waals surface area contributed by atoms with Crippen LogP contribution in [0.2, 0.25) is 0 Å². The minimum absolute atomic E-state index is 0.0271. The van der Waals surface area contributed by atoms with Crippen LogP contribution in [0.4, 0.5) is 0 Å². The molecule has 0 radical (unpaired) electrons. The Hall–Kier alpha value is -0.570. The number of hydrogen-bond donors (Lipinski definition) is 2. The van der Waals surface area contributed by atoms with Crippen molar-refractivity contribution in [3.05, 3.63) is 0 Å². The summed E-state index contributed by atoms with van der Waals surface area (Å²) in [5.74, 6) is 0.0271. The van der Waals surface area contributed by atoms with Gasteiger partial charge in [0.05, 0.1) is 6.04 Å². The maximum absolute atomic E-state index is 11.6. The lowest BCUT2D eigenvalue weighted by atomic mass is 10.0. The quantitative estimate of drug-likeness (QED) is 0.676. The zero-order valence-corrected chi connectivity index (χ0v) is 10.0. The highest BCUT2D eigenvalue weighted by molar-refractivity contribution is 5.81. The third kappa shape index (κ3) is 3.82. The molecule has 0 aliphatic heterocycles. The van der Waals surface area contributed by atoms with Crippen LogP contribution in [-0.4, -0.2) is 18.5 Å². The van der Waals surface area contributed by atoms with E-state index in [4.69, 9.17) is 5.73 Å². The monoisotopic (exact) mass is 212 g/mol. The Morgan fingerprint density at radius 3 is 2.53 bits per heavy atom. The summed E-state index contributed by atoms with van der Waals surface area (Å²) in [6.07, 6.45) is 6.72. The molecule has 1 amide bonds. The summed E-state index contributed by atoms with van der Waals surface area (Å²) in [7, 11) is 0. The summed E-state index contributed by atoms with van der Waals surface area (Å²) in [5, 5.41) is 2.99. The molecule has 1 saturated carbocycles. The molecule has 3 nitrogen and oxygen atoms in total. The third-order valence-electron chi connectivity index (χ3n) is 3.31. The zero-order valence-electron chi connectivity index (χ0n) is 10.0. The molecular weight excluding hydrogens is 188 g/mol. The maximum Gasteiger partial charge on any atom is 0.236 e. The predicted molar refractivity (Wildman–Crippen MR) is 62.5 cm³/mol. The minimum atomic E-state index is -0.313. The lowest BCUT2D eigenvalue weighted by molar-refractivity contribution is -0.122. The van der Waals surface area contributed by atoms with E-state index in [0.717, 1.165) is 19.4 Å². The second-order valence-corrected chi connectivity index (χ2v) is 4.86. The van der Waals surface area contributed by atoms with Crippen molar-refractivity contribution in [3.8, 4) is 0 Å². The molecule has 1 fully saturated rings. The molecule has 0 saturated heterocycles. The molecule has 0 heterocycles. The molecule has 1 unspecified atom stereocenters. The van der Waals surface area contributed by atoms with E-state index >= 15 is 0 Å². The Morgan fingerprint density at radius 1 is 1.40 bits per heavy atom. The first-order valence-electron chi connectivity index (χ1n) is 6.17. The van der Waals surface area contributed by atoms with Gasteiger partial charge in [-0.05, 0) is 31.1 Å².